The van der Waals surface area contributed by atoms with Gasteiger partial charge < -0.3 is 9.72 Å². The number of aromatic amines is 1. The predicted molar refractivity (Wildman–Crippen MR) is 81.1 cm³/mol. The van der Waals surface area contributed by atoms with Crippen LogP contribution in [0, 0.1) is 0 Å². The monoisotopic (exact) mass is 311 g/mol. The summed E-state index contributed by atoms with van der Waals surface area (Å²) in [5, 5.41) is 0.560. The number of ether oxygens (including phenoxy) is 1. The maximum atomic E-state index is 12.0. The number of hydrogen-bond acceptors (Lipinski definition) is 5. The van der Waals surface area contributed by atoms with Gasteiger partial charge in [-0.25, -0.2) is 20.2 Å². The summed E-state index contributed by atoms with van der Waals surface area (Å²) in [6, 6.07) is 10.9. The number of nitrogens with one attached hydrogen (secondary N) is 3. The van der Waals surface area contributed by atoms with E-state index in [0.29, 0.717) is 11.0 Å². The first-order chi connectivity index (χ1) is 11.2. The van der Waals surface area contributed by atoms with E-state index in [9.17, 15) is 9.59 Å². The van der Waals surface area contributed by atoms with Crippen LogP contribution in [0.5, 0.6) is 0 Å². The molecule has 0 radical (unpaired) electrons. The van der Waals surface area contributed by atoms with Crippen molar-refractivity contribution in [1.29, 1.82) is 0 Å². The molecule has 0 atom stereocenters. The van der Waals surface area contributed by atoms with Crippen LogP contribution in [0.15, 0.2) is 48.9 Å². The van der Waals surface area contributed by atoms with E-state index < -0.39 is 12.0 Å². The van der Waals surface area contributed by atoms with Crippen molar-refractivity contribution in [2.75, 3.05) is 0 Å². The first-order valence-corrected chi connectivity index (χ1v) is 6.79. The van der Waals surface area contributed by atoms with Gasteiger partial charge in [0.05, 0.1) is 5.39 Å². The average Bonchev–Trinajstić information content (AvgIpc) is 3.07. The summed E-state index contributed by atoms with van der Waals surface area (Å²) in [6.07, 6.45) is 2.15. The summed E-state index contributed by atoms with van der Waals surface area (Å²) in [6.45, 7) is 0.109. The molecule has 8 heteroatoms. The quantitative estimate of drug-likeness (QED) is 0.636. The van der Waals surface area contributed by atoms with Crippen LogP contribution < -0.4 is 10.9 Å². The SMILES string of the molecule is O=C(NNC(=O)c1ncnc2[nH]ccc12)OCc1ccccc1. The van der Waals surface area contributed by atoms with Crippen molar-refractivity contribution in [3.8, 4) is 0 Å². The van der Waals surface area contributed by atoms with Gasteiger partial charge in [-0.2, -0.15) is 0 Å². The molecule has 3 aromatic rings. The summed E-state index contributed by atoms with van der Waals surface area (Å²) in [4.78, 5) is 34.4. The lowest BCUT2D eigenvalue weighted by Crippen LogP contribution is -2.42. The van der Waals surface area contributed by atoms with Gasteiger partial charge in [0.1, 0.15) is 24.3 Å². The lowest BCUT2D eigenvalue weighted by molar-refractivity contribution is 0.0902. The first-order valence-electron chi connectivity index (χ1n) is 6.79. The third-order valence-corrected chi connectivity index (χ3v) is 3.06. The van der Waals surface area contributed by atoms with Crippen LogP contribution in [0.4, 0.5) is 4.79 Å². The van der Waals surface area contributed by atoms with E-state index in [4.69, 9.17) is 4.74 Å². The molecule has 0 aliphatic heterocycles. The standard InChI is InChI=1S/C15H13N5O3/c21-14(12-11-6-7-16-13(11)18-9-17-12)19-20-15(22)23-8-10-4-2-1-3-5-10/h1-7,9H,8H2,(H,19,21)(H,20,22)(H,16,17,18). The Balaban J connectivity index is 1.54. The van der Waals surface area contributed by atoms with Gasteiger partial charge in [-0.1, -0.05) is 30.3 Å². The Labute approximate surface area is 130 Å². The molecule has 2 aromatic heterocycles. The van der Waals surface area contributed by atoms with Gasteiger partial charge in [0, 0.05) is 6.20 Å². The van der Waals surface area contributed by atoms with Crippen LogP contribution in [0.1, 0.15) is 16.1 Å². The van der Waals surface area contributed by atoms with Crippen molar-refractivity contribution < 1.29 is 14.3 Å². The summed E-state index contributed by atoms with van der Waals surface area (Å²) < 4.78 is 4.98. The second-order valence-electron chi connectivity index (χ2n) is 4.60. The van der Waals surface area contributed by atoms with Gasteiger partial charge in [-0.05, 0) is 11.6 Å². The molecule has 0 saturated heterocycles. The van der Waals surface area contributed by atoms with Crippen molar-refractivity contribution in [1.82, 2.24) is 25.8 Å². The Kier molecular flexibility index (Phi) is 4.14. The largest absolute Gasteiger partial charge is 0.443 e. The minimum absolute atomic E-state index is 0.109. The molecule has 0 spiro atoms. The molecular weight excluding hydrogens is 298 g/mol. The van der Waals surface area contributed by atoms with Crippen LogP contribution in [-0.2, 0) is 11.3 Å². The van der Waals surface area contributed by atoms with Gasteiger partial charge >= 0.3 is 6.09 Å². The number of nitrogens with zero attached hydrogens (tertiary/aromatic N) is 2. The van der Waals surface area contributed by atoms with Crippen molar-refractivity contribution in [3.05, 3.63) is 60.2 Å². The molecule has 0 fully saturated rings. The average molecular weight is 311 g/mol. The molecule has 0 bridgehead atoms. The third kappa shape index (κ3) is 3.43. The van der Waals surface area contributed by atoms with Crippen LogP contribution >= 0.6 is 0 Å². The molecule has 0 saturated carbocycles. The Hall–Kier alpha value is -3.42. The molecule has 0 aliphatic carbocycles. The molecule has 2 heterocycles. The molecule has 23 heavy (non-hydrogen) atoms. The highest BCUT2D eigenvalue weighted by Gasteiger charge is 2.14. The second kappa shape index (κ2) is 6.56. The van der Waals surface area contributed by atoms with E-state index in [1.807, 2.05) is 30.3 Å². The zero-order valence-corrected chi connectivity index (χ0v) is 11.9. The van der Waals surface area contributed by atoms with Gasteiger partial charge in [-0.3, -0.25) is 10.2 Å². The molecule has 2 amide bonds. The first kappa shape index (κ1) is 14.5. The predicted octanol–water partition coefficient (Wildman–Crippen LogP) is 1.53. The third-order valence-electron chi connectivity index (χ3n) is 3.06. The number of carbonyl (C=O) groups excluding carboxylic acids is 2. The molecule has 3 rings (SSSR count). The second-order valence-corrected chi connectivity index (χ2v) is 4.60. The van der Waals surface area contributed by atoms with Crippen LogP contribution in [0.3, 0.4) is 0 Å². The topological polar surface area (TPSA) is 109 Å². The van der Waals surface area contributed by atoms with E-state index in [1.165, 1.54) is 6.33 Å². The lowest BCUT2D eigenvalue weighted by atomic mass is 10.2. The summed E-state index contributed by atoms with van der Waals surface area (Å²) in [7, 11) is 0. The number of amides is 2. The zero-order valence-electron chi connectivity index (χ0n) is 11.9. The zero-order chi connectivity index (χ0) is 16.1. The van der Waals surface area contributed by atoms with Gasteiger partial charge in [0.15, 0.2) is 0 Å². The number of carbonyl (C=O) groups is 2. The minimum atomic E-state index is -0.762. The van der Waals surface area contributed by atoms with Crippen LogP contribution in [-0.4, -0.2) is 27.0 Å². The number of aromatic nitrogens is 3. The fourth-order valence-corrected chi connectivity index (χ4v) is 1.98. The number of benzene rings is 1. The number of hydrogen-bond donors (Lipinski definition) is 3. The van der Waals surface area contributed by atoms with E-state index in [1.54, 1.807) is 12.3 Å². The normalized spacial score (nSPS) is 10.3. The Morgan fingerprint density at radius 3 is 2.74 bits per heavy atom. The highest BCUT2D eigenvalue weighted by molar-refractivity contribution is 6.03. The number of hydrazine groups is 1. The smallest absolute Gasteiger partial charge is 0.426 e. The van der Waals surface area contributed by atoms with Crippen LogP contribution in [0.2, 0.25) is 0 Å². The van der Waals surface area contributed by atoms with Crippen LogP contribution in [0.25, 0.3) is 11.0 Å². The maximum absolute atomic E-state index is 12.0. The van der Waals surface area contributed by atoms with Crippen molar-refractivity contribution in [2.24, 2.45) is 0 Å². The van der Waals surface area contributed by atoms with Gasteiger partial charge in [0.2, 0.25) is 0 Å². The molecule has 1 aromatic carbocycles. The van der Waals surface area contributed by atoms with E-state index in [0.717, 1.165) is 5.56 Å². The molecule has 8 nitrogen and oxygen atoms in total. The van der Waals surface area contributed by atoms with Gasteiger partial charge in [-0.15, -0.1) is 0 Å². The molecule has 116 valence electrons. The maximum Gasteiger partial charge on any atom is 0.426 e. The van der Waals surface area contributed by atoms with Gasteiger partial charge in [0.25, 0.3) is 5.91 Å². The highest BCUT2D eigenvalue weighted by atomic mass is 16.6. The molecule has 0 unspecified atom stereocenters. The molecule has 0 aliphatic rings. The minimum Gasteiger partial charge on any atom is -0.443 e. The van der Waals surface area contributed by atoms with Crippen molar-refractivity contribution >= 4 is 23.0 Å². The summed E-state index contributed by atoms with van der Waals surface area (Å²) in [5.74, 6) is -0.561. The summed E-state index contributed by atoms with van der Waals surface area (Å²) >= 11 is 0. The summed E-state index contributed by atoms with van der Waals surface area (Å²) in [5.41, 5.74) is 5.96. The Bertz CT molecular complexity index is 831. The number of fused-ring (bicyclic) bond motifs is 1. The van der Waals surface area contributed by atoms with E-state index >= 15 is 0 Å². The molecular formula is C15H13N5O3. The number of H-pyrrole nitrogens is 1. The Morgan fingerprint density at radius 2 is 1.91 bits per heavy atom. The lowest BCUT2D eigenvalue weighted by Gasteiger charge is -2.08. The Morgan fingerprint density at radius 1 is 1.09 bits per heavy atom. The highest BCUT2D eigenvalue weighted by Crippen LogP contribution is 2.12. The number of rotatable bonds is 3. The van der Waals surface area contributed by atoms with E-state index in [-0.39, 0.29) is 12.3 Å². The van der Waals surface area contributed by atoms with Crippen molar-refractivity contribution in [2.45, 2.75) is 6.61 Å². The fraction of sp³-hybridized carbons (Fsp3) is 0.0667. The van der Waals surface area contributed by atoms with E-state index in [2.05, 4.69) is 25.8 Å². The fourth-order valence-electron chi connectivity index (χ4n) is 1.98. The van der Waals surface area contributed by atoms with Crippen molar-refractivity contribution in [3.63, 3.8) is 0 Å². The molecule has 3 N–H and O–H groups in total.